The first-order valence-electron chi connectivity index (χ1n) is 7.85. The molecule has 24 heavy (non-hydrogen) atoms. The highest BCUT2D eigenvalue weighted by atomic mass is 79.9. The molecular formula is C17H20BrN5O. The molecule has 1 amide bonds. The number of anilines is 2. The highest BCUT2D eigenvalue weighted by molar-refractivity contribution is 9.10. The van der Waals surface area contributed by atoms with Crippen molar-refractivity contribution in [1.82, 2.24) is 15.1 Å². The van der Waals surface area contributed by atoms with Crippen LogP contribution in [-0.4, -0.2) is 61.3 Å². The number of benzene rings is 1. The number of carbonyl (C=O) groups is 1. The Balaban J connectivity index is 1.62. The van der Waals surface area contributed by atoms with E-state index in [2.05, 4.69) is 31.0 Å². The molecule has 3 rings (SSSR count). The normalized spacial score (nSPS) is 14.6. The molecule has 1 aromatic carbocycles. The van der Waals surface area contributed by atoms with Crippen LogP contribution in [-0.2, 0) is 0 Å². The lowest BCUT2D eigenvalue weighted by molar-refractivity contribution is 0.0746. The fourth-order valence-corrected chi connectivity index (χ4v) is 3.07. The third-order valence-corrected chi connectivity index (χ3v) is 4.55. The zero-order valence-corrected chi connectivity index (χ0v) is 15.4. The maximum atomic E-state index is 12.6. The molecule has 1 aliphatic rings. The molecule has 1 fully saturated rings. The van der Waals surface area contributed by atoms with Crippen LogP contribution in [0.4, 0.5) is 11.6 Å². The highest BCUT2D eigenvalue weighted by Gasteiger charge is 2.23. The molecule has 126 valence electrons. The van der Waals surface area contributed by atoms with Gasteiger partial charge in [0.15, 0.2) is 11.6 Å². The SMILES string of the molecule is CN(C)c1ccc(N2CCN(C(=O)c3cccc(Br)c3)CC2)nn1. The van der Waals surface area contributed by atoms with Crippen LogP contribution < -0.4 is 9.80 Å². The van der Waals surface area contributed by atoms with Crippen molar-refractivity contribution in [2.75, 3.05) is 50.1 Å². The number of hydrogen-bond acceptors (Lipinski definition) is 5. The minimum absolute atomic E-state index is 0.0741. The van der Waals surface area contributed by atoms with Crippen LogP contribution in [0.1, 0.15) is 10.4 Å². The fourth-order valence-electron chi connectivity index (χ4n) is 2.67. The lowest BCUT2D eigenvalue weighted by Crippen LogP contribution is -2.49. The molecule has 6 nitrogen and oxygen atoms in total. The first-order chi connectivity index (χ1) is 11.5. The Hall–Kier alpha value is -2.15. The van der Waals surface area contributed by atoms with Gasteiger partial charge in [-0.15, -0.1) is 10.2 Å². The molecule has 0 N–H and O–H groups in total. The molecule has 7 heteroatoms. The summed E-state index contributed by atoms with van der Waals surface area (Å²) < 4.78 is 0.920. The zero-order chi connectivity index (χ0) is 17.1. The molecule has 0 saturated carbocycles. The van der Waals surface area contributed by atoms with Crippen molar-refractivity contribution < 1.29 is 4.79 Å². The fraction of sp³-hybridized carbons (Fsp3) is 0.353. The van der Waals surface area contributed by atoms with Crippen molar-refractivity contribution >= 4 is 33.5 Å². The second-order valence-electron chi connectivity index (χ2n) is 5.93. The standard InChI is InChI=1S/C17H20BrN5O/c1-21(2)15-6-7-16(20-19-15)22-8-10-23(11-9-22)17(24)13-4-3-5-14(18)12-13/h3-7,12H,8-11H2,1-2H3. The third-order valence-electron chi connectivity index (χ3n) is 4.06. The number of piperazine rings is 1. The van der Waals surface area contributed by atoms with Crippen molar-refractivity contribution in [1.29, 1.82) is 0 Å². The van der Waals surface area contributed by atoms with Crippen LogP contribution in [0.5, 0.6) is 0 Å². The largest absolute Gasteiger partial charge is 0.361 e. The molecule has 0 atom stereocenters. The van der Waals surface area contributed by atoms with Gasteiger partial charge in [-0.3, -0.25) is 4.79 Å². The van der Waals surface area contributed by atoms with Crippen LogP contribution in [0.15, 0.2) is 40.9 Å². The van der Waals surface area contributed by atoms with E-state index in [1.165, 1.54) is 0 Å². The minimum atomic E-state index is 0.0741. The van der Waals surface area contributed by atoms with E-state index in [1.54, 1.807) is 0 Å². The molecule has 0 aliphatic carbocycles. The zero-order valence-electron chi connectivity index (χ0n) is 13.8. The molecule has 0 radical (unpaired) electrons. The lowest BCUT2D eigenvalue weighted by atomic mass is 10.2. The molecule has 1 saturated heterocycles. The Kier molecular flexibility index (Phi) is 4.99. The van der Waals surface area contributed by atoms with E-state index in [4.69, 9.17) is 0 Å². The van der Waals surface area contributed by atoms with Gasteiger partial charge in [0, 0.05) is 50.3 Å². The first kappa shape index (κ1) is 16.7. The van der Waals surface area contributed by atoms with Crippen LogP contribution in [0.25, 0.3) is 0 Å². The molecule has 1 aliphatic heterocycles. The van der Waals surface area contributed by atoms with E-state index in [-0.39, 0.29) is 5.91 Å². The summed E-state index contributed by atoms with van der Waals surface area (Å²) in [5, 5.41) is 8.50. The number of carbonyl (C=O) groups excluding carboxylic acids is 1. The average Bonchev–Trinajstić information content (AvgIpc) is 2.61. The maximum Gasteiger partial charge on any atom is 0.254 e. The molecular weight excluding hydrogens is 370 g/mol. The number of halogens is 1. The van der Waals surface area contributed by atoms with Gasteiger partial charge in [0.05, 0.1) is 0 Å². The second kappa shape index (κ2) is 7.17. The number of nitrogens with zero attached hydrogens (tertiary/aromatic N) is 5. The van der Waals surface area contributed by atoms with Gasteiger partial charge in [0.2, 0.25) is 0 Å². The van der Waals surface area contributed by atoms with Crippen LogP contribution in [0, 0.1) is 0 Å². The third kappa shape index (κ3) is 3.67. The first-order valence-corrected chi connectivity index (χ1v) is 8.65. The maximum absolute atomic E-state index is 12.6. The molecule has 1 aromatic heterocycles. The van der Waals surface area contributed by atoms with E-state index < -0.39 is 0 Å². The summed E-state index contributed by atoms with van der Waals surface area (Å²) in [6, 6.07) is 11.5. The van der Waals surface area contributed by atoms with Crippen molar-refractivity contribution in [2.24, 2.45) is 0 Å². The minimum Gasteiger partial charge on any atom is -0.361 e. The van der Waals surface area contributed by atoms with Gasteiger partial charge in [-0.25, -0.2) is 0 Å². The van der Waals surface area contributed by atoms with Gasteiger partial charge in [-0.2, -0.15) is 0 Å². The molecule has 0 spiro atoms. The second-order valence-corrected chi connectivity index (χ2v) is 6.85. The number of rotatable bonds is 3. The predicted octanol–water partition coefficient (Wildman–Crippen LogP) is 2.27. The van der Waals surface area contributed by atoms with Gasteiger partial charge in [0.25, 0.3) is 5.91 Å². The van der Waals surface area contributed by atoms with E-state index in [0.717, 1.165) is 29.2 Å². The van der Waals surface area contributed by atoms with Gasteiger partial charge < -0.3 is 14.7 Å². The predicted molar refractivity (Wildman–Crippen MR) is 98.6 cm³/mol. The van der Waals surface area contributed by atoms with Gasteiger partial charge in [-0.1, -0.05) is 22.0 Å². The lowest BCUT2D eigenvalue weighted by Gasteiger charge is -2.35. The smallest absolute Gasteiger partial charge is 0.254 e. The van der Waals surface area contributed by atoms with Crippen molar-refractivity contribution in [3.63, 3.8) is 0 Å². The Morgan fingerprint density at radius 3 is 2.42 bits per heavy atom. The Morgan fingerprint density at radius 1 is 1.08 bits per heavy atom. The average molecular weight is 390 g/mol. The van der Waals surface area contributed by atoms with Crippen LogP contribution in [0.2, 0.25) is 0 Å². The van der Waals surface area contributed by atoms with Crippen molar-refractivity contribution in [3.05, 3.63) is 46.4 Å². The Bertz CT molecular complexity index is 711. The number of aromatic nitrogens is 2. The van der Waals surface area contributed by atoms with Gasteiger partial charge >= 0.3 is 0 Å². The summed E-state index contributed by atoms with van der Waals surface area (Å²) in [6.07, 6.45) is 0. The van der Waals surface area contributed by atoms with Crippen molar-refractivity contribution in [2.45, 2.75) is 0 Å². The summed E-state index contributed by atoms with van der Waals surface area (Å²) in [7, 11) is 3.88. The summed E-state index contributed by atoms with van der Waals surface area (Å²) in [6.45, 7) is 2.89. The molecule has 2 heterocycles. The summed E-state index contributed by atoms with van der Waals surface area (Å²) >= 11 is 3.41. The van der Waals surface area contributed by atoms with Crippen LogP contribution >= 0.6 is 15.9 Å². The molecule has 0 unspecified atom stereocenters. The summed E-state index contributed by atoms with van der Waals surface area (Å²) in [5.41, 5.74) is 0.716. The monoisotopic (exact) mass is 389 g/mol. The Morgan fingerprint density at radius 2 is 1.83 bits per heavy atom. The highest BCUT2D eigenvalue weighted by Crippen LogP contribution is 2.18. The van der Waals surface area contributed by atoms with Crippen LogP contribution in [0.3, 0.4) is 0 Å². The van der Waals surface area contributed by atoms with Gasteiger partial charge in [0.1, 0.15) is 0 Å². The quantitative estimate of drug-likeness (QED) is 0.805. The Labute approximate surface area is 150 Å². The topological polar surface area (TPSA) is 52.6 Å². The van der Waals surface area contributed by atoms with E-state index >= 15 is 0 Å². The molecule has 0 bridgehead atoms. The summed E-state index contributed by atoms with van der Waals surface area (Å²) in [5.74, 6) is 1.77. The summed E-state index contributed by atoms with van der Waals surface area (Å²) in [4.78, 5) is 18.5. The number of amides is 1. The van der Waals surface area contributed by atoms with E-state index in [1.807, 2.05) is 60.3 Å². The van der Waals surface area contributed by atoms with Crippen molar-refractivity contribution in [3.8, 4) is 0 Å². The molecule has 2 aromatic rings. The van der Waals surface area contributed by atoms with Gasteiger partial charge in [-0.05, 0) is 30.3 Å². The van der Waals surface area contributed by atoms with E-state index in [0.29, 0.717) is 18.7 Å². The number of hydrogen-bond donors (Lipinski definition) is 0. The van der Waals surface area contributed by atoms with E-state index in [9.17, 15) is 4.79 Å².